The summed E-state index contributed by atoms with van der Waals surface area (Å²) in [6, 6.07) is 9.30. The van der Waals surface area contributed by atoms with Crippen molar-refractivity contribution in [2.24, 2.45) is 11.8 Å². The second-order valence-corrected chi connectivity index (χ2v) is 6.63. The summed E-state index contributed by atoms with van der Waals surface area (Å²) in [4.78, 5) is 27.6. The predicted molar refractivity (Wildman–Crippen MR) is 92.9 cm³/mol. The van der Waals surface area contributed by atoms with Gasteiger partial charge in [0.1, 0.15) is 11.5 Å². The van der Waals surface area contributed by atoms with Gasteiger partial charge in [-0.2, -0.15) is 0 Å². The zero-order valence-corrected chi connectivity index (χ0v) is 14.1. The normalized spacial score (nSPS) is 35.1. The monoisotopic (exact) mass is 339 g/mol. The van der Waals surface area contributed by atoms with Crippen LogP contribution in [0.3, 0.4) is 0 Å². The number of nitrogens with zero attached hydrogens (tertiary/aromatic N) is 1. The number of ether oxygens (including phenoxy) is 2. The minimum absolute atomic E-state index is 0.0806. The molecule has 0 aromatic heterocycles. The Bertz CT molecular complexity index is 743. The van der Waals surface area contributed by atoms with Gasteiger partial charge in [0, 0.05) is 5.69 Å². The van der Waals surface area contributed by atoms with Gasteiger partial charge in [0.15, 0.2) is 0 Å². The molecule has 1 aromatic carbocycles. The van der Waals surface area contributed by atoms with Crippen LogP contribution in [0.4, 0.5) is 5.69 Å². The fourth-order valence-corrected chi connectivity index (χ4v) is 4.50. The number of benzene rings is 1. The first-order chi connectivity index (χ1) is 12.1. The second kappa shape index (κ2) is 5.85. The number of carbonyl (C=O) groups is 2. The lowest BCUT2D eigenvalue weighted by atomic mass is 9.74. The average Bonchev–Trinajstić information content (AvgIpc) is 3.25. The van der Waals surface area contributed by atoms with Crippen LogP contribution in [0.2, 0.25) is 0 Å². The molecule has 2 fully saturated rings. The molecule has 0 N–H and O–H groups in total. The second-order valence-electron chi connectivity index (χ2n) is 6.63. The summed E-state index contributed by atoms with van der Waals surface area (Å²) in [6.07, 6.45) is 5.86. The summed E-state index contributed by atoms with van der Waals surface area (Å²) < 4.78 is 11.5. The molecule has 2 bridgehead atoms. The Morgan fingerprint density at radius 2 is 2.16 bits per heavy atom. The third kappa shape index (κ3) is 2.12. The molecule has 3 aliphatic rings. The van der Waals surface area contributed by atoms with E-state index in [1.54, 1.807) is 17.9 Å². The molecule has 3 aliphatic heterocycles. The van der Waals surface area contributed by atoms with Crippen molar-refractivity contribution in [3.8, 4) is 0 Å². The van der Waals surface area contributed by atoms with Crippen LogP contribution in [-0.2, 0) is 19.1 Å². The summed E-state index contributed by atoms with van der Waals surface area (Å²) in [7, 11) is 0. The summed E-state index contributed by atoms with van der Waals surface area (Å²) >= 11 is 0. The summed E-state index contributed by atoms with van der Waals surface area (Å²) in [6.45, 7) is 5.90. The van der Waals surface area contributed by atoms with Crippen LogP contribution < -0.4 is 4.90 Å². The Labute approximate surface area is 146 Å². The van der Waals surface area contributed by atoms with E-state index in [-0.39, 0.29) is 24.5 Å². The molecule has 2 saturated heterocycles. The largest absolute Gasteiger partial charge is 0.466 e. The minimum Gasteiger partial charge on any atom is -0.466 e. The van der Waals surface area contributed by atoms with Crippen molar-refractivity contribution in [1.29, 1.82) is 0 Å². The smallest absolute Gasteiger partial charge is 0.312 e. The van der Waals surface area contributed by atoms with Gasteiger partial charge in [0.05, 0.1) is 24.7 Å². The average molecular weight is 339 g/mol. The van der Waals surface area contributed by atoms with Crippen molar-refractivity contribution in [1.82, 2.24) is 0 Å². The molecular formula is C20H21NO4. The van der Waals surface area contributed by atoms with E-state index in [0.717, 1.165) is 5.69 Å². The summed E-state index contributed by atoms with van der Waals surface area (Å²) in [5.41, 5.74) is 0.0228. The van der Waals surface area contributed by atoms with Crippen LogP contribution in [-0.4, -0.2) is 36.2 Å². The maximum atomic E-state index is 13.3. The zero-order chi connectivity index (χ0) is 17.6. The van der Waals surface area contributed by atoms with E-state index in [4.69, 9.17) is 9.47 Å². The van der Waals surface area contributed by atoms with Gasteiger partial charge in [-0.3, -0.25) is 9.59 Å². The molecule has 25 heavy (non-hydrogen) atoms. The molecule has 1 aromatic rings. The van der Waals surface area contributed by atoms with Gasteiger partial charge in [0.2, 0.25) is 5.91 Å². The lowest BCUT2D eigenvalue weighted by Crippen LogP contribution is -2.45. The molecule has 4 rings (SSSR count). The SMILES string of the molecule is C=CC[C@H]1N(c2ccccc2)C(=O)[C@@H]2[C@H](C(=O)OCC)[C@@H]3C=C[C@@]21O3. The first-order valence-corrected chi connectivity index (χ1v) is 8.67. The zero-order valence-electron chi connectivity index (χ0n) is 14.1. The third-order valence-corrected chi connectivity index (χ3v) is 5.40. The Hall–Kier alpha value is -2.40. The van der Waals surface area contributed by atoms with Crippen LogP contribution in [0.15, 0.2) is 55.1 Å². The van der Waals surface area contributed by atoms with Gasteiger partial charge >= 0.3 is 5.97 Å². The topological polar surface area (TPSA) is 55.8 Å². The number of hydrogen-bond acceptors (Lipinski definition) is 4. The van der Waals surface area contributed by atoms with Crippen molar-refractivity contribution < 1.29 is 19.1 Å². The van der Waals surface area contributed by atoms with Crippen molar-refractivity contribution in [3.05, 3.63) is 55.1 Å². The first-order valence-electron chi connectivity index (χ1n) is 8.67. The van der Waals surface area contributed by atoms with E-state index in [2.05, 4.69) is 6.58 Å². The number of amides is 1. The van der Waals surface area contributed by atoms with E-state index < -0.39 is 23.5 Å². The van der Waals surface area contributed by atoms with Gasteiger partial charge < -0.3 is 14.4 Å². The molecule has 1 spiro atoms. The van der Waals surface area contributed by atoms with E-state index in [0.29, 0.717) is 6.42 Å². The molecule has 1 amide bonds. The van der Waals surface area contributed by atoms with Gasteiger partial charge in [-0.05, 0) is 25.5 Å². The van der Waals surface area contributed by atoms with Gasteiger partial charge in [-0.15, -0.1) is 6.58 Å². The number of anilines is 1. The summed E-state index contributed by atoms with van der Waals surface area (Å²) in [5.74, 6) is -1.57. The van der Waals surface area contributed by atoms with Crippen molar-refractivity contribution >= 4 is 17.6 Å². The molecule has 0 unspecified atom stereocenters. The van der Waals surface area contributed by atoms with E-state index in [9.17, 15) is 9.59 Å². The molecule has 3 heterocycles. The predicted octanol–water partition coefficient (Wildman–Crippen LogP) is 2.48. The Kier molecular flexibility index (Phi) is 3.76. The lowest BCUT2D eigenvalue weighted by Gasteiger charge is -2.32. The Morgan fingerprint density at radius 1 is 1.40 bits per heavy atom. The first kappa shape index (κ1) is 16.1. The third-order valence-electron chi connectivity index (χ3n) is 5.40. The molecule has 0 saturated carbocycles. The van der Waals surface area contributed by atoms with Crippen LogP contribution in [0.5, 0.6) is 0 Å². The standard InChI is InChI=1S/C20H21NO4/c1-3-8-15-20-12-11-14(25-20)16(19(23)24-4-2)17(20)18(22)21(15)13-9-6-5-7-10-13/h3,5-7,9-12,14-17H,1,4,8H2,2H3/t14-,15+,16+,17-,20-/m0/s1. The van der Waals surface area contributed by atoms with Gasteiger partial charge in [-0.1, -0.05) is 36.4 Å². The Balaban J connectivity index is 1.79. The highest BCUT2D eigenvalue weighted by molar-refractivity contribution is 6.03. The number of para-hydroxylation sites is 1. The van der Waals surface area contributed by atoms with E-state index in [1.165, 1.54) is 0 Å². The number of hydrogen-bond donors (Lipinski definition) is 0. The van der Waals surface area contributed by atoms with Crippen LogP contribution in [0.25, 0.3) is 0 Å². The molecular weight excluding hydrogens is 318 g/mol. The van der Waals surface area contributed by atoms with E-state index in [1.807, 2.05) is 42.5 Å². The van der Waals surface area contributed by atoms with Crippen molar-refractivity contribution in [2.75, 3.05) is 11.5 Å². The Morgan fingerprint density at radius 3 is 2.84 bits per heavy atom. The lowest BCUT2D eigenvalue weighted by molar-refractivity contribution is -0.151. The molecule has 130 valence electrons. The number of esters is 1. The van der Waals surface area contributed by atoms with Gasteiger partial charge in [0.25, 0.3) is 0 Å². The van der Waals surface area contributed by atoms with Crippen LogP contribution >= 0.6 is 0 Å². The maximum Gasteiger partial charge on any atom is 0.312 e. The van der Waals surface area contributed by atoms with Crippen molar-refractivity contribution in [3.63, 3.8) is 0 Å². The summed E-state index contributed by atoms with van der Waals surface area (Å²) in [5, 5.41) is 0. The van der Waals surface area contributed by atoms with Crippen molar-refractivity contribution in [2.45, 2.75) is 31.1 Å². The van der Waals surface area contributed by atoms with Gasteiger partial charge in [-0.25, -0.2) is 0 Å². The minimum atomic E-state index is -0.788. The van der Waals surface area contributed by atoms with Crippen LogP contribution in [0.1, 0.15) is 13.3 Å². The molecule has 5 atom stereocenters. The maximum absolute atomic E-state index is 13.3. The fourth-order valence-electron chi connectivity index (χ4n) is 4.50. The molecule has 5 heteroatoms. The highest BCUT2D eigenvalue weighted by Gasteiger charge is 2.71. The molecule has 5 nitrogen and oxygen atoms in total. The molecule has 0 radical (unpaired) electrons. The highest BCUT2D eigenvalue weighted by atomic mass is 16.6. The van der Waals surface area contributed by atoms with E-state index >= 15 is 0 Å². The fraction of sp³-hybridized carbons (Fsp3) is 0.400. The number of carbonyl (C=O) groups excluding carboxylic acids is 2. The number of fused-ring (bicyclic) bond motifs is 1. The quantitative estimate of drug-likeness (QED) is 0.611. The van der Waals surface area contributed by atoms with Crippen LogP contribution in [0, 0.1) is 11.8 Å². The number of rotatable bonds is 5. The highest BCUT2D eigenvalue weighted by Crippen LogP contribution is 2.56. The molecule has 0 aliphatic carbocycles.